The van der Waals surface area contributed by atoms with E-state index in [0.29, 0.717) is 17.0 Å². The van der Waals surface area contributed by atoms with Gasteiger partial charge in [0.15, 0.2) is 0 Å². The van der Waals surface area contributed by atoms with Gasteiger partial charge in [-0.1, -0.05) is 72.8 Å². The van der Waals surface area contributed by atoms with Crippen LogP contribution in [0.15, 0.2) is 103 Å². The summed E-state index contributed by atoms with van der Waals surface area (Å²) in [5.41, 5.74) is 4.20. The molecule has 6 rings (SSSR count). The minimum absolute atomic E-state index is 0.0229. The average molecular weight is 441 g/mol. The lowest BCUT2D eigenvalue weighted by Gasteiger charge is -2.15. The summed E-state index contributed by atoms with van der Waals surface area (Å²) < 4.78 is 0. The van der Waals surface area contributed by atoms with Gasteiger partial charge in [0.25, 0.3) is 0 Å². The number of rotatable bonds is 3. The monoisotopic (exact) mass is 441 g/mol. The lowest BCUT2D eigenvalue weighted by molar-refractivity contribution is 0.451. The number of fused-ring (bicyclic) bond motifs is 2. The standard InChI is InChI=1S/C29H19N3O2/c33-24-13-14-25(26(34)17-24)29-27(22-11-9-18-5-1-3-7-20(18)15-22)28(30-32-31-29)23-12-10-19-6-2-4-8-21(19)16-23/h1-17,33-34H. The predicted octanol–water partition coefficient (Wildman–Crippen LogP) is 6.59. The van der Waals surface area contributed by atoms with Crippen LogP contribution in [0.25, 0.3) is 55.2 Å². The van der Waals surface area contributed by atoms with Crippen LogP contribution < -0.4 is 0 Å². The van der Waals surface area contributed by atoms with Gasteiger partial charge in [-0.05, 0) is 56.6 Å². The molecule has 0 aliphatic carbocycles. The van der Waals surface area contributed by atoms with Crippen LogP contribution in [-0.4, -0.2) is 25.6 Å². The quantitative estimate of drug-likeness (QED) is 0.324. The van der Waals surface area contributed by atoms with Crippen molar-refractivity contribution >= 4 is 21.5 Å². The molecule has 0 atom stereocenters. The highest BCUT2D eigenvalue weighted by atomic mass is 16.3. The van der Waals surface area contributed by atoms with E-state index in [2.05, 4.69) is 63.9 Å². The molecule has 1 heterocycles. The molecular formula is C29H19N3O2. The molecule has 0 spiro atoms. The zero-order valence-electron chi connectivity index (χ0n) is 18.1. The van der Waals surface area contributed by atoms with E-state index < -0.39 is 0 Å². The third-order valence-corrected chi connectivity index (χ3v) is 6.06. The minimum Gasteiger partial charge on any atom is -0.508 e. The van der Waals surface area contributed by atoms with Gasteiger partial charge in [-0.3, -0.25) is 0 Å². The average Bonchev–Trinajstić information content (AvgIpc) is 2.88. The van der Waals surface area contributed by atoms with Crippen molar-refractivity contribution in [1.82, 2.24) is 15.4 Å². The number of hydrogen-bond donors (Lipinski definition) is 2. The van der Waals surface area contributed by atoms with Crippen LogP contribution in [0.5, 0.6) is 11.5 Å². The Balaban J connectivity index is 1.66. The number of hydrogen-bond acceptors (Lipinski definition) is 5. The molecule has 0 unspecified atom stereocenters. The van der Waals surface area contributed by atoms with E-state index in [1.807, 2.05) is 36.4 Å². The third-order valence-electron chi connectivity index (χ3n) is 6.06. The van der Waals surface area contributed by atoms with Crippen molar-refractivity contribution in [3.8, 4) is 45.1 Å². The summed E-state index contributed by atoms with van der Waals surface area (Å²) in [5.74, 6) is -0.0997. The molecule has 1 aromatic heterocycles. The van der Waals surface area contributed by atoms with Crippen LogP contribution in [-0.2, 0) is 0 Å². The van der Waals surface area contributed by atoms with Gasteiger partial charge < -0.3 is 10.2 Å². The Kier molecular flexibility index (Phi) is 4.66. The summed E-state index contributed by atoms with van der Waals surface area (Å²) >= 11 is 0. The van der Waals surface area contributed by atoms with Crippen LogP contribution >= 0.6 is 0 Å². The number of aromatic nitrogens is 3. The fourth-order valence-corrected chi connectivity index (χ4v) is 4.39. The van der Waals surface area contributed by atoms with E-state index >= 15 is 0 Å². The molecule has 0 radical (unpaired) electrons. The normalized spacial score (nSPS) is 11.2. The maximum Gasteiger partial charge on any atom is 0.128 e. The molecule has 0 fully saturated rings. The second-order valence-corrected chi connectivity index (χ2v) is 8.19. The van der Waals surface area contributed by atoms with Gasteiger partial charge in [0.1, 0.15) is 22.9 Å². The van der Waals surface area contributed by atoms with Gasteiger partial charge >= 0.3 is 0 Å². The second kappa shape index (κ2) is 7.98. The highest BCUT2D eigenvalue weighted by molar-refractivity contribution is 5.97. The van der Waals surface area contributed by atoms with Gasteiger partial charge in [0, 0.05) is 22.8 Å². The molecule has 5 heteroatoms. The molecule has 5 aromatic carbocycles. The topological polar surface area (TPSA) is 79.1 Å². The van der Waals surface area contributed by atoms with Crippen LogP contribution in [0.1, 0.15) is 0 Å². The summed E-state index contributed by atoms with van der Waals surface area (Å²) in [6, 6.07) is 33.2. The lowest BCUT2D eigenvalue weighted by atomic mass is 9.92. The zero-order chi connectivity index (χ0) is 23.1. The summed E-state index contributed by atoms with van der Waals surface area (Å²) in [7, 11) is 0. The van der Waals surface area contributed by atoms with Crippen LogP contribution in [0.3, 0.4) is 0 Å². The highest BCUT2D eigenvalue weighted by Crippen LogP contribution is 2.41. The van der Waals surface area contributed by atoms with Crippen molar-refractivity contribution in [2.45, 2.75) is 0 Å². The molecule has 0 aliphatic rings. The molecular weight excluding hydrogens is 422 g/mol. The SMILES string of the molecule is Oc1ccc(-c2nnnc(-c3ccc4ccccc4c3)c2-c2ccc3ccccc3c2)c(O)c1. The largest absolute Gasteiger partial charge is 0.508 e. The Morgan fingerprint density at radius 1 is 0.500 bits per heavy atom. The van der Waals surface area contributed by atoms with Gasteiger partial charge in [0.2, 0.25) is 0 Å². The van der Waals surface area contributed by atoms with Gasteiger partial charge in [0.05, 0.1) is 0 Å². The van der Waals surface area contributed by atoms with Crippen LogP contribution in [0, 0.1) is 0 Å². The number of aromatic hydroxyl groups is 2. The Labute approximate surface area is 195 Å². The maximum atomic E-state index is 10.6. The first-order chi connectivity index (χ1) is 16.7. The lowest BCUT2D eigenvalue weighted by Crippen LogP contribution is -2.00. The molecule has 0 aliphatic heterocycles. The van der Waals surface area contributed by atoms with Crippen LogP contribution in [0.2, 0.25) is 0 Å². The number of benzene rings is 5. The van der Waals surface area contributed by atoms with E-state index in [9.17, 15) is 10.2 Å². The summed E-state index contributed by atoms with van der Waals surface area (Å²) in [6.07, 6.45) is 0. The van der Waals surface area contributed by atoms with E-state index in [4.69, 9.17) is 0 Å². The predicted molar refractivity (Wildman–Crippen MR) is 134 cm³/mol. The summed E-state index contributed by atoms with van der Waals surface area (Å²) in [4.78, 5) is 0. The first-order valence-corrected chi connectivity index (χ1v) is 10.9. The molecule has 0 bridgehead atoms. The second-order valence-electron chi connectivity index (χ2n) is 8.19. The Bertz CT molecular complexity index is 1690. The summed E-state index contributed by atoms with van der Waals surface area (Å²) in [6.45, 7) is 0. The van der Waals surface area contributed by atoms with E-state index in [1.54, 1.807) is 6.07 Å². The number of phenolic OH excluding ortho intramolecular Hbond substituents is 2. The smallest absolute Gasteiger partial charge is 0.128 e. The van der Waals surface area contributed by atoms with E-state index in [0.717, 1.165) is 38.2 Å². The Morgan fingerprint density at radius 3 is 1.76 bits per heavy atom. The Hall–Kier alpha value is -4.77. The highest BCUT2D eigenvalue weighted by Gasteiger charge is 2.20. The zero-order valence-corrected chi connectivity index (χ0v) is 18.1. The molecule has 6 aromatic rings. The van der Waals surface area contributed by atoms with Crippen LogP contribution in [0.4, 0.5) is 0 Å². The van der Waals surface area contributed by atoms with E-state index in [1.165, 1.54) is 12.1 Å². The van der Waals surface area contributed by atoms with Gasteiger partial charge in [-0.25, -0.2) is 0 Å². The molecule has 0 saturated heterocycles. The van der Waals surface area contributed by atoms with Gasteiger partial charge in [-0.15, -0.1) is 10.2 Å². The fourth-order valence-electron chi connectivity index (χ4n) is 4.39. The minimum atomic E-state index is -0.0769. The van der Waals surface area contributed by atoms with Crippen molar-refractivity contribution in [3.63, 3.8) is 0 Å². The molecule has 0 amide bonds. The first kappa shape index (κ1) is 19.9. The number of nitrogens with zero attached hydrogens (tertiary/aromatic N) is 3. The fraction of sp³-hybridized carbons (Fsp3) is 0. The van der Waals surface area contributed by atoms with Crippen molar-refractivity contribution < 1.29 is 10.2 Å². The molecule has 34 heavy (non-hydrogen) atoms. The summed E-state index contributed by atoms with van der Waals surface area (Å²) in [5, 5.41) is 37.8. The first-order valence-electron chi connectivity index (χ1n) is 10.9. The van der Waals surface area contributed by atoms with Crippen molar-refractivity contribution in [2.75, 3.05) is 0 Å². The maximum absolute atomic E-state index is 10.6. The molecule has 2 N–H and O–H groups in total. The van der Waals surface area contributed by atoms with Gasteiger partial charge in [-0.2, -0.15) is 0 Å². The van der Waals surface area contributed by atoms with E-state index in [-0.39, 0.29) is 11.5 Å². The third kappa shape index (κ3) is 3.40. The van der Waals surface area contributed by atoms with Crippen molar-refractivity contribution in [2.24, 2.45) is 0 Å². The van der Waals surface area contributed by atoms with Crippen molar-refractivity contribution in [1.29, 1.82) is 0 Å². The molecule has 0 saturated carbocycles. The van der Waals surface area contributed by atoms with Crippen molar-refractivity contribution in [3.05, 3.63) is 103 Å². The Morgan fingerprint density at radius 2 is 1.09 bits per heavy atom. The molecule has 5 nitrogen and oxygen atoms in total. The molecule has 162 valence electrons. The number of phenols is 2.